The summed E-state index contributed by atoms with van der Waals surface area (Å²) < 4.78 is 47.1. The minimum Gasteiger partial charge on any atom is -0.397 e. The molecular formula is C13H13ClN2O4S3. The Morgan fingerprint density at radius 2 is 1.48 bits per heavy atom. The van der Waals surface area contributed by atoms with Gasteiger partial charge in [0.05, 0.1) is 15.5 Å². The summed E-state index contributed by atoms with van der Waals surface area (Å²) in [7, 11) is -7.68. The van der Waals surface area contributed by atoms with Gasteiger partial charge in [0.2, 0.25) is 10.0 Å². The fourth-order valence-corrected chi connectivity index (χ4v) is 4.92. The molecule has 2 rings (SSSR count). The zero-order valence-electron chi connectivity index (χ0n) is 11.9. The van der Waals surface area contributed by atoms with Crippen molar-refractivity contribution >= 4 is 48.9 Å². The summed E-state index contributed by atoms with van der Waals surface area (Å²) in [6.45, 7) is 0. The lowest BCUT2D eigenvalue weighted by atomic mass is 10.3. The van der Waals surface area contributed by atoms with E-state index in [2.05, 4.69) is 0 Å². The molecular weight excluding hydrogens is 380 g/mol. The van der Waals surface area contributed by atoms with Gasteiger partial charge in [-0.05, 0) is 36.4 Å². The molecule has 124 valence electrons. The van der Waals surface area contributed by atoms with E-state index in [9.17, 15) is 16.8 Å². The molecule has 0 atom stereocenters. The van der Waals surface area contributed by atoms with E-state index in [1.165, 1.54) is 6.07 Å². The van der Waals surface area contributed by atoms with Crippen LogP contribution in [0.5, 0.6) is 0 Å². The maximum absolute atomic E-state index is 11.9. The van der Waals surface area contributed by atoms with Gasteiger partial charge in [0, 0.05) is 16.2 Å². The Morgan fingerprint density at radius 3 is 1.96 bits per heavy atom. The van der Waals surface area contributed by atoms with E-state index >= 15 is 0 Å². The van der Waals surface area contributed by atoms with Gasteiger partial charge in [-0.2, -0.15) is 0 Å². The second-order valence-electron chi connectivity index (χ2n) is 4.68. The Labute approximate surface area is 143 Å². The number of anilines is 1. The third-order valence-electron chi connectivity index (χ3n) is 2.86. The number of benzene rings is 2. The third-order valence-corrected chi connectivity index (χ3v) is 6.50. The molecule has 0 amide bonds. The van der Waals surface area contributed by atoms with Gasteiger partial charge in [-0.25, -0.2) is 22.0 Å². The zero-order valence-corrected chi connectivity index (χ0v) is 15.1. The molecule has 0 saturated carbocycles. The minimum atomic E-state index is -4.07. The average Bonchev–Trinajstić information content (AvgIpc) is 2.40. The van der Waals surface area contributed by atoms with E-state index in [-0.39, 0.29) is 20.4 Å². The van der Waals surface area contributed by atoms with Gasteiger partial charge in [0.25, 0.3) is 0 Å². The number of hydrogen-bond acceptors (Lipinski definition) is 6. The Bertz CT molecular complexity index is 955. The first kappa shape index (κ1) is 18.1. The van der Waals surface area contributed by atoms with Gasteiger partial charge in [0.1, 0.15) is 4.90 Å². The lowest BCUT2D eigenvalue weighted by Gasteiger charge is -2.13. The highest BCUT2D eigenvalue weighted by molar-refractivity contribution is 8.00. The number of hydrogen-bond donors (Lipinski definition) is 2. The molecule has 0 spiro atoms. The van der Waals surface area contributed by atoms with Crippen LogP contribution in [0.2, 0.25) is 5.02 Å². The van der Waals surface area contributed by atoms with E-state index in [1.54, 1.807) is 24.3 Å². The van der Waals surface area contributed by atoms with Crippen LogP contribution >= 0.6 is 23.4 Å². The lowest BCUT2D eigenvalue weighted by Crippen LogP contribution is -2.16. The van der Waals surface area contributed by atoms with Gasteiger partial charge in [-0.15, -0.1) is 0 Å². The van der Waals surface area contributed by atoms with Crippen molar-refractivity contribution in [2.75, 3.05) is 12.0 Å². The van der Waals surface area contributed by atoms with Crippen molar-refractivity contribution in [3.05, 3.63) is 41.4 Å². The molecule has 4 N–H and O–H groups in total. The fourth-order valence-electron chi connectivity index (χ4n) is 1.83. The normalized spacial score (nSPS) is 12.3. The van der Waals surface area contributed by atoms with Crippen molar-refractivity contribution in [2.24, 2.45) is 5.14 Å². The van der Waals surface area contributed by atoms with Crippen LogP contribution in [0.3, 0.4) is 0 Å². The quantitative estimate of drug-likeness (QED) is 0.769. The Kier molecular flexibility index (Phi) is 4.97. The Balaban J connectivity index is 2.69. The third kappa shape index (κ3) is 4.18. The number of rotatable bonds is 4. The highest BCUT2D eigenvalue weighted by Gasteiger charge is 2.23. The van der Waals surface area contributed by atoms with E-state index in [1.807, 2.05) is 0 Å². The molecule has 0 heterocycles. The van der Waals surface area contributed by atoms with E-state index < -0.39 is 19.9 Å². The van der Waals surface area contributed by atoms with Crippen molar-refractivity contribution in [3.63, 3.8) is 0 Å². The van der Waals surface area contributed by atoms with E-state index in [4.69, 9.17) is 22.5 Å². The maximum Gasteiger partial charge on any atom is 0.240 e. The molecule has 0 bridgehead atoms. The van der Waals surface area contributed by atoms with Crippen molar-refractivity contribution in [2.45, 2.75) is 19.6 Å². The van der Waals surface area contributed by atoms with Crippen LogP contribution in [-0.2, 0) is 19.9 Å². The van der Waals surface area contributed by atoms with Crippen LogP contribution in [0.1, 0.15) is 0 Å². The first-order chi connectivity index (χ1) is 10.5. The zero-order chi connectivity index (χ0) is 17.4. The van der Waals surface area contributed by atoms with E-state index in [0.29, 0.717) is 9.92 Å². The number of halogens is 1. The fraction of sp³-hybridized carbons (Fsp3) is 0.0769. The molecule has 0 aromatic heterocycles. The standard InChI is InChI=1S/C13H13ClN2O4S3/c1-22(17,18)11-7-6-10(23(16,19)20)12(15)13(11)21-9-4-2-8(14)3-5-9/h2-7H,15H2,1H3,(H2,16,19,20). The van der Waals surface area contributed by atoms with Crippen LogP contribution in [0.25, 0.3) is 0 Å². The Hall–Kier alpha value is -1.26. The summed E-state index contributed by atoms with van der Waals surface area (Å²) in [5.41, 5.74) is 5.68. The number of nitrogen functional groups attached to an aromatic ring is 1. The summed E-state index contributed by atoms with van der Waals surface area (Å²) in [5, 5.41) is 5.63. The molecule has 0 radical (unpaired) electrons. The second kappa shape index (κ2) is 6.33. The molecule has 0 unspecified atom stereocenters. The van der Waals surface area contributed by atoms with E-state index in [0.717, 1.165) is 24.1 Å². The molecule has 0 fully saturated rings. The van der Waals surface area contributed by atoms with Gasteiger partial charge in [-0.3, -0.25) is 0 Å². The van der Waals surface area contributed by atoms with Gasteiger partial charge < -0.3 is 5.73 Å². The lowest BCUT2D eigenvalue weighted by molar-refractivity contribution is 0.594. The van der Waals surface area contributed by atoms with Crippen molar-refractivity contribution in [3.8, 4) is 0 Å². The largest absolute Gasteiger partial charge is 0.397 e. The first-order valence-corrected chi connectivity index (χ1v) is 10.7. The number of primary sulfonamides is 1. The van der Waals surface area contributed by atoms with Crippen LogP contribution in [0.15, 0.2) is 56.0 Å². The molecule has 10 heteroatoms. The summed E-state index contributed by atoms with van der Waals surface area (Å²) in [6.07, 6.45) is 1.02. The highest BCUT2D eigenvalue weighted by Crippen LogP contribution is 2.40. The predicted molar refractivity (Wildman–Crippen MR) is 90.9 cm³/mol. The predicted octanol–water partition coefficient (Wildman–Crippen LogP) is 2.12. The van der Waals surface area contributed by atoms with Gasteiger partial charge in [0.15, 0.2) is 9.84 Å². The smallest absolute Gasteiger partial charge is 0.240 e. The second-order valence-corrected chi connectivity index (χ2v) is 9.71. The number of sulfone groups is 1. The molecule has 6 nitrogen and oxygen atoms in total. The highest BCUT2D eigenvalue weighted by atomic mass is 35.5. The number of nitrogens with two attached hydrogens (primary N) is 2. The number of sulfonamides is 1. The van der Waals surface area contributed by atoms with Crippen LogP contribution in [0.4, 0.5) is 5.69 Å². The molecule has 0 aliphatic carbocycles. The van der Waals surface area contributed by atoms with Crippen LogP contribution < -0.4 is 10.9 Å². The van der Waals surface area contributed by atoms with Crippen LogP contribution in [-0.4, -0.2) is 23.1 Å². The molecule has 2 aromatic carbocycles. The maximum atomic E-state index is 11.9. The van der Waals surface area contributed by atoms with Gasteiger partial charge >= 0.3 is 0 Å². The Morgan fingerprint density at radius 1 is 0.957 bits per heavy atom. The molecule has 0 aliphatic rings. The first-order valence-electron chi connectivity index (χ1n) is 6.09. The van der Waals surface area contributed by atoms with Crippen molar-refractivity contribution in [1.29, 1.82) is 0 Å². The van der Waals surface area contributed by atoms with Crippen LogP contribution in [0, 0.1) is 0 Å². The average molecular weight is 393 g/mol. The monoisotopic (exact) mass is 392 g/mol. The summed E-state index contributed by atoms with van der Waals surface area (Å²) in [4.78, 5) is 0.377. The molecule has 0 aliphatic heterocycles. The SMILES string of the molecule is CS(=O)(=O)c1ccc(S(N)(=O)=O)c(N)c1Sc1ccc(Cl)cc1. The van der Waals surface area contributed by atoms with Crippen molar-refractivity contribution < 1.29 is 16.8 Å². The van der Waals surface area contributed by atoms with Gasteiger partial charge in [-0.1, -0.05) is 23.4 Å². The summed E-state index contributed by atoms with van der Waals surface area (Å²) >= 11 is 6.83. The minimum absolute atomic E-state index is 0.0673. The summed E-state index contributed by atoms with van der Waals surface area (Å²) in [6, 6.07) is 8.87. The van der Waals surface area contributed by atoms with Crippen molar-refractivity contribution in [1.82, 2.24) is 0 Å². The molecule has 23 heavy (non-hydrogen) atoms. The molecule has 2 aromatic rings. The topological polar surface area (TPSA) is 120 Å². The summed E-state index contributed by atoms with van der Waals surface area (Å²) in [5.74, 6) is 0. The molecule has 0 saturated heterocycles.